The third-order valence-corrected chi connectivity index (χ3v) is 4.46. The van der Waals surface area contributed by atoms with Gasteiger partial charge in [0.05, 0.1) is 7.11 Å². The van der Waals surface area contributed by atoms with Gasteiger partial charge in [-0.25, -0.2) is 0 Å². The molecule has 3 rings (SSSR count). The second-order valence-corrected chi connectivity index (χ2v) is 6.26. The summed E-state index contributed by atoms with van der Waals surface area (Å²) in [6, 6.07) is 17.8. The van der Waals surface area contributed by atoms with Crippen molar-refractivity contribution in [3.8, 4) is 11.5 Å². The molecule has 1 heterocycles. The number of benzene rings is 2. The summed E-state index contributed by atoms with van der Waals surface area (Å²) in [7, 11) is 1.68. The molecule has 1 aliphatic rings. The van der Waals surface area contributed by atoms with Crippen LogP contribution in [0.2, 0.25) is 0 Å². The van der Waals surface area contributed by atoms with E-state index in [1.807, 2.05) is 42.5 Å². The molecule has 5 heteroatoms. The largest absolute Gasteiger partial charge is 0.497 e. The van der Waals surface area contributed by atoms with Crippen LogP contribution in [0.3, 0.4) is 0 Å². The molecule has 0 amide bonds. The lowest BCUT2D eigenvalue weighted by Gasteiger charge is -2.36. The van der Waals surface area contributed by atoms with Crippen molar-refractivity contribution in [1.82, 2.24) is 4.90 Å². The number of para-hydroxylation sites is 1. The fourth-order valence-corrected chi connectivity index (χ4v) is 3.04. The summed E-state index contributed by atoms with van der Waals surface area (Å²) in [5.74, 6) is 1.68. The summed E-state index contributed by atoms with van der Waals surface area (Å²) >= 11 is 0. The molecule has 1 N–H and O–H groups in total. The van der Waals surface area contributed by atoms with Crippen molar-refractivity contribution in [3.05, 3.63) is 54.6 Å². The van der Waals surface area contributed by atoms with Crippen LogP contribution < -0.4 is 14.4 Å². The van der Waals surface area contributed by atoms with Crippen molar-refractivity contribution in [2.24, 2.45) is 0 Å². The van der Waals surface area contributed by atoms with E-state index in [1.54, 1.807) is 7.11 Å². The predicted molar refractivity (Wildman–Crippen MR) is 99.6 cm³/mol. The van der Waals surface area contributed by atoms with E-state index in [0.29, 0.717) is 13.2 Å². The molecule has 1 atom stereocenters. The van der Waals surface area contributed by atoms with Gasteiger partial charge in [0, 0.05) is 38.4 Å². The zero-order chi connectivity index (χ0) is 17.5. The monoisotopic (exact) mass is 342 g/mol. The van der Waals surface area contributed by atoms with E-state index in [0.717, 1.165) is 37.7 Å². The molecular weight excluding hydrogens is 316 g/mol. The highest BCUT2D eigenvalue weighted by molar-refractivity contribution is 5.49. The predicted octanol–water partition coefficient (Wildman–Crippen LogP) is 2.26. The lowest BCUT2D eigenvalue weighted by atomic mass is 10.2. The molecular formula is C20H26N2O3. The van der Waals surface area contributed by atoms with Crippen LogP contribution in [0.5, 0.6) is 11.5 Å². The number of aliphatic hydroxyl groups is 1. The summed E-state index contributed by atoms with van der Waals surface area (Å²) in [5, 5.41) is 10.2. The van der Waals surface area contributed by atoms with E-state index in [1.165, 1.54) is 5.69 Å². The summed E-state index contributed by atoms with van der Waals surface area (Å²) in [4.78, 5) is 4.65. The number of piperazine rings is 1. The van der Waals surface area contributed by atoms with Gasteiger partial charge in [-0.05, 0) is 36.4 Å². The number of hydrogen-bond donors (Lipinski definition) is 1. The highest BCUT2D eigenvalue weighted by Gasteiger charge is 2.19. The van der Waals surface area contributed by atoms with Crippen LogP contribution in [0.15, 0.2) is 54.6 Å². The number of ether oxygens (including phenoxy) is 2. The molecule has 0 unspecified atom stereocenters. The smallest absolute Gasteiger partial charge is 0.119 e. The van der Waals surface area contributed by atoms with E-state index < -0.39 is 6.10 Å². The Morgan fingerprint density at radius 1 is 0.920 bits per heavy atom. The maximum Gasteiger partial charge on any atom is 0.119 e. The fraction of sp³-hybridized carbons (Fsp3) is 0.400. The standard InChI is InChI=1S/C20H26N2O3/c1-24-19-9-7-17(8-10-19)22-13-11-21(12-14-22)15-18(23)16-25-20-5-3-2-4-6-20/h2-10,18,23H,11-16H2,1H3/t18-/m1/s1. The van der Waals surface area contributed by atoms with Gasteiger partial charge in [-0.3, -0.25) is 4.90 Å². The quantitative estimate of drug-likeness (QED) is 0.836. The molecule has 134 valence electrons. The second-order valence-electron chi connectivity index (χ2n) is 6.26. The van der Waals surface area contributed by atoms with E-state index in [4.69, 9.17) is 9.47 Å². The van der Waals surface area contributed by atoms with Crippen molar-refractivity contribution in [2.45, 2.75) is 6.10 Å². The lowest BCUT2D eigenvalue weighted by molar-refractivity contribution is 0.0663. The molecule has 1 fully saturated rings. The topological polar surface area (TPSA) is 45.2 Å². The number of aliphatic hydroxyl groups excluding tert-OH is 1. The highest BCUT2D eigenvalue weighted by Crippen LogP contribution is 2.20. The summed E-state index contributed by atoms with van der Waals surface area (Å²) in [6.07, 6.45) is -0.479. The highest BCUT2D eigenvalue weighted by atomic mass is 16.5. The number of β-amino-alcohol motifs (C(OH)–C–C–N with tert-alkyl or cyclic N) is 1. The molecule has 0 bridgehead atoms. The first-order valence-electron chi connectivity index (χ1n) is 8.72. The first-order chi connectivity index (χ1) is 12.2. The maximum atomic E-state index is 10.2. The first-order valence-corrected chi connectivity index (χ1v) is 8.72. The van der Waals surface area contributed by atoms with Gasteiger partial charge >= 0.3 is 0 Å². The van der Waals surface area contributed by atoms with Gasteiger partial charge in [-0.15, -0.1) is 0 Å². The van der Waals surface area contributed by atoms with E-state index in [-0.39, 0.29) is 0 Å². The molecule has 2 aromatic rings. The van der Waals surface area contributed by atoms with Crippen LogP contribution >= 0.6 is 0 Å². The van der Waals surface area contributed by atoms with Crippen LogP contribution in [0.4, 0.5) is 5.69 Å². The van der Waals surface area contributed by atoms with E-state index in [2.05, 4.69) is 21.9 Å². The number of methoxy groups -OCH3 is 1. The number of anilines is 1. The molecule has 0 aliphatic carbocycles. The van der Waals surface area contributed by atoms with Gasteiger partial charge in [0.15, 0.2) is 0 Å². The van der Waals surface area contributed by atoms with Crippen LogP contribution in [0, 0.1) is 0 Å². The summed E-state index contributed by atoms with van der Waals surface area (Å²) in [5.41, 5.74) is 1.22. The number of hydrogen-bond acceptors (Lipinski definition) is 5. The average Bonchev–Trinajstić information content (AvgIpc) is 2.68. The third-order valence-electron chi connectivity index (χ3n) is 4.46. The van der Waals surface area contributed by atoms with Crippen molar-refractivity contribution < 1.29 is 14.6 Å². The molecule has 2 aromatic carbocycles. The Bertz CT molecular complexity index is 625. The molecule has 0 aromatic heterocycles. The molecule has 0 spiro atoms. The van der Waals surface area contributed by atoms with Crippen molar-refractivity contribution >= 4 is 5.69 Å². The van der Waals surface area contributed by atoms with Gasteiger partial charge in [-0.1, -0.05) is 18.2 Å². The van der Waals surface area contributed by atoms with E-state index in [9.17, 15) is 5.11 Å². The molecule has 1 aliphatic heterocycles. The van der Waals surface area contributed by atoms with Crippen molar-refractivity contribution in [3.63, 3.8) is 0 Å². The minimum absolute atomic E-state index is 0.322. The summed E-state index contributed by atoms with van der Waals surface area (Å²) in [6.45, 7) is 4.76. The van der Waals surface area contributed by atoms with Crippen LogP contribution in [-0.4, -0.2) is 62.6 Å². The third kappa shape index (κ3) is 5.11. The van der Waals surface area contributed by atoms with Crippen molar-refractivity contribution in [1.29, 1.82) is 0 Å². The first kappa shape index (κ1) is 17.6. The minimum Gasteiger partial charge on any atom is -0.497 e. The van der Waals surface area contributed by atoms with Crippen LogP contribution in [0.1, 0.15) is 0 Å². The normalized spacial score (nSPS) is 16.5. The Labute approximate surface area is 149 Å². The Balaban J connectivity index is 1.41. The Kier molecular flexibility index (Phi) is 6.14. The lowest BCUT2D eigenvalue weighted by Crippen LogP contribution is -2.49. The zero-order valence-corrected chi connectivity index (χ0v) is 14.7. The van der Waals surface area contributed by atoms with Gasteiger partial charge < -0.3 is 19.5 Å². The summed E-state index contributed by atoms with van der Waals surface area (Å²) < 4.78 is 10.8. The Morgan fingerprint density at radius 2 is 1.60 bits per heavy atom. The molecule has 0 radical (unpaired) electrons. The molecule has 0 saturated carbocycles. The van der Waals surface area contributed by atoms with Crippen LogP contribution in [-0.2, 0) is 0 Å². The molecule has 1 saturated heterocycles. The molecule has 5 nitrogen and oxygen atoms in total. The fourth-order valence-electron chi connectivity index (χ4n) is 3.04. The number of nitrogens with zero attached hydrogens (tertiary/aromatic N) is 2. The zero-order valence-electron chi connectivity index (χ0n) is 14.7. The maximum absolute atomic E-state index is 10.2. The van der Waals surface area contributed by atoms with Gasteiger partial charge in [-0.2, -0.15) is 0 Å². The van der Waals surface area contributed by atoms with Crippen molar-refractivity contribution in [2.75, 3.05) is 51.3 Å². The van der Waals surface area contributed by atoms with Gasteiger partial charge in [0.2, 0.25) is 0 Å². The van der Waals surface area contributed by atoms with Gasteiger partial charge in [0.25, 0.3) is 0 Å². The molecule has 25 heavy (non-hydrogen) atoms. The van der Waals surface area contributed by atoms with Gasteiger partial charge in [0.1, 0.15) is 24.2 Å². The van der Waals surface area contributed by atoms with Crippen LogP contribution in [0.25, 0.3) is 0 Å². The Hall–Kier alpha value is -2.24. The second kappa shape index (κ2) is 8.74. The Morgan fingerprint density at radius 3 is 2.24 bits per heavy atom. The minimum atomic E-state index is -0.479. The number of rotatable bonds is 7. The SMILES string of the molecule is COc1ccc(N2CCN(C[C@@H](O)COc3ccccc3)CC2)cc1. The average molecular weight is 342 g/mol. The van der Waals surface area contributed by atoms with E-state index >= 15 is 0 Å².